The Morgan fingerprint density at radius 3 is 2.58 bits per heavy atom. The molecule has 0 aromatic heterocycles. The van der Waals surface area contributed by atoms with Gasteiger partial charge in [0.2, 0.25) is 10.0 Å². The summed E-state index contributed by atoms with van der Waals surface area (Å²) in [6.07, 6.45) is 1.99. The molecule has 1 aliphatic rings. The van der Waals surface area contributed by atoms with Gasteiger partial charge < -0.3 is 10.2 Å². The van der Waals surface area contributed by atoms with E-state index in [0.29, 0.717) is 6.54 Å². The molecule has 2 aromatic carbocycles. The molecule has 1 amide bonds. The highest BCUT2D eigenvalue weighted by Gasteiger charge is 2.27. The van der Waals surface area contributed by atoms with Gasteiger partial charge in [-0.05, 0) is 43.5 Å². The number of aryl methyl sites for hydroxylation is 1. The molecule has 26 heavy (non-hydrogen) atoms. The van der Waals surface area contributed by atoms with Crippen LogP contribution in [0.5, 0.6) is 0 Å². The number of quaternary nitrogens is 1. The number of carbonyl (C=O) groups excluding carboxylic acids is 1. The van der Waals surface area contributed by atoms with Crippen LogP contribution in [0.4, 0.5) is 5.69 Å². The summed E-state index contributed by atoms with van der Waals surface area (Å²) >= 11 is 0. The van der Waals surface area contributed by atoms with Crippen LogP contribution in [-0.2, 0) is 27.8 Å². The predicted molar refractivity (Wildman–Crippen MR) is 100 cm³/mol. The second kappa shape index (κ2) is 7.57. The predicted octanol–water partition coefficient (Wildman–Crippen LogP) is 0.765. The number of nitrogens with zero attached hydrogens (tertiary/aromatic N) is 1. The molecule has 0 bridgehead atoms. The van der Waals surface area contributed by atoms with Crippen molar-refractivity contribution in [1.82, 2.24) is 0 Å². The number of hydrogen-bond donors (Lipinski definition) is 2. The topological polar surface area (TPSA) is 97.1 Å². The molecule has 0 saturated heterocycles. The van der Waals surface area contributed by atoms with Crippen LogP contribution in [0.15, 0.2) is 53.4 Å². The fraction of sp³-hybridized carbons (Fsp3) is 0.316. The van der Waals surface area contributed by atoms with Crippen LogP contribution >= 0.6 is 0 Å². The molecule has 6 nitrogen and oxygen atoms in total. The third-order valence-corrected chi connectivity index (χ3v) is 5.65. The second-order valence-corrected chi connectivity index (χ2v) is 8.20. The zero-order valence-electron chi connectivity index (χ0n) is 14.8. The number of fused-ring (bicyclic) bond motifs is 1. The van der Waals surface area contributed by atoms with Crippen LogP contribution in [0.3, 0.4) is 0 Å². The van der Waals surface area contributed by atoms with Gasteiger partial charge in [-0.2, -0.15) is 0 Å². The van der Waals surface area contributed by atoms with Crippen LogP contribution < -0.4 is 15.4 Å². The Labute approximate surface area is 154 Å². The Morgan fingerprint density at radius 1 is 1.19 bits per heavy atom. The number of hydrogen-bond acceptors (Lipinski definition) is 3. The molecular weight excluding hydrogens is 350 g/mol. The highest BCUT2D eigenvalue weighted by Crippen LogP contribution is 2.26. The monoisotopic (exact) mass is 374 g/mol. The summed E-state index contributed by atoms with van der Waals surface area (Å²) in [6, 6.07) is 14.3. The number of primary sulfonamides is 1. The van der Waals surface area contributed by atoms with E-state index < -0.39 is 10.0 Å². The van der Waals surface area contributed by atoms with Crippen LogP contribution in [0, 0.1) is 0 Å². The van der Waals surface area contributed by atoms with E-state index in [9.17, 15) is 13.2 Å². The molecule has 1 aliphatic heterocycles. The van der Waals surface area contributed by atoms with Gasteiger partial charge in [-0.1, -0.05) is 30.3 Å². The van der Waals surface area contributed by atoms with Gasteiger partial charge >= 0.3 is 0 Å². The van der Waals surface area contributed by atoms with Crippen molar-refractivity contribution < 1.29 is 18.5 Å². The number of sulfonamides is 1. The summed E-state index contributed by atoms with van der Waals surface area (Å²) in [7, 11) is -3.68. The number of rotatable bonds is 5. The van der Waals surface area contributed by atoms with Crippen LogP contribution in [0.2, 0.25) is 0 Å². The zero-order chi connectivity index (χ0) is 18.7. The first kappa shape index (κ1) is 18.6. The Bertz CT molecular complexity index is 895. The van der Waals surface area contributed by atoms with Gasteiger partial charge in [-0.3, -0.25) is 4.79 Å². The van der Waals surface area contributed by atoms with Crippen molar-refractivity contribution in [2.45, 2.75) is 37.2 Å². The van der Waals surface area contributed by atoms with Crippen molar-refractivity contribution in [3.8, 4) is 0 Å². The van der Waals surface area contributed by atoms with E-state index in [2.05, 4.69) is 6.07 Å². The molecule has 2 aromatic rings. The zero-order valence-corrected chi connectivity index (χ0v) is 15.6. The van der Waals surface area contributed by atoms with E-state index in [0.717, 1.165) is 30.6 Å². The maximum atomic E-state index is 12.9. The lowest BCUT2D eigenvalue weighted by molar-refractivity contribution is -0.688. The Balaban J connectivity index is 1.64. The minimum absolute atomic E-state index is 0.0929. The fourth-order valence-corrected chi connectivity index (χ4v) is 3.75. The molecule has 0 unspecified atom stereocenters. The van der Waals surface area contributed by atoms with Crippen molar-refractivity contribution >= 4 is 21.6 Å². The number of benzene rings is 2. The summed E-state index contributed by atoms with van der Waals surface area (Å²) in [4.78, 5) is 14.8. The summed E-state index contributed by atoms with van der Waals surface area (Å²) < 4.78 is 22.6. The number of nitrogens with two attached hydrogens (primary N) is 2. The highest BCUT2D eigenvalue weighted by atomic mass is 32.2. The summed E-state index contributed by atoms with van der Waals surface area (Å²) in [5.41, 5.74) is 3.18. The lowest BCUT2D eigenvalue weighted by atomic mass is 10.0. The molecule has 138 valence electrons. The third kappa shape index (κ3) is 4.12. The SMILES string of the molecule is C[C@H]([NH2+]Cc1ccc(S(N)(=O)=O)cc1)C(=O)N1CCCc2ccccc21. The average molecular weight is 374 g/mol. The first-order valence-corrected chi connectivity index (χ1v) is 10.3. The van der Waals surface area contributed by atoms with Crippen LogP contribution in [-0.4, -0.2) is 26.9 Å². The first-order valence-electron chi connectivity index (χ1n) is 8.70. The molecule has 0 radical (unpaired) electrons. The van der Waals surface area contributed by atoms with Gasteiger partial charge in [0, 0.05) is 17.8 Å². The largest absolute Gasteiger partial charge is 0.332 e. The molecular formula is C19H24N3O3S+. The third-order valence-electron chi connectivity index (χ3n) is 4.72. The van der Waals surface area contributed by atoms with Gasteiger partial charge in [0.25, 0.3) is 5.91 Å². The van der Waals surface area contributed by atoms with Gasteiger partial charge in [0.1, 0.15) is 6.54 Å². The summed E-state index contributed by atoms with van der Waals surface area (Å²) in [6.45, 7) is 3.24. The Kier molecular flexibility index (Phi) is 5.41. The second-order valence-electron chi connectivity index (χ2n) is 6.64. The molecule has 0 saturated carbocycles. The van der Waals surface area contributed by atoms with Crippen LogP contribution in [0.1, 0.15) is 24.5 Å². The van der Waals surface area contributed by atoms with Crippen molar-refractivity contribution in [1.29, 1.82) is 0 Å². The Hall–Kier alpha value is -2.22. The number of carbonyl (C=O) groups is 1. The van der Waals surface area contributed by atoms with Crippen molar-refractivity contribution in [2.75, 3.05) is 11.4 Å². The first-order chi connectivity index (χ1) is 12.4. The smallest absolute Gasteiger partial charge is 0.284 e. The van der Waals surface area contributed by atoms with E-state index in [-0.39, 0.29) is 16.8 Å². The molecule has 0 aliphatic carbocycles. The summed E-state index contributed by atoms with van der Waals surface area (Å²) in [5, 5.41) is 7.07. The molecule has 4 N–H and O–H groups in total. The lowest BCUT2D eigenvalue weighted by Crippen LogP contribution is -2.90. The number of amides is 1. The van der Waals surface area contributed by atoms with Gasteiger partial charge in [0.05, 0.1) is 4.90 Å². The summed E-state index contributed by atoms with van der Waals surface area (Å²) in [5.74, 6) is 0.0957. The number of anilines is 1. The van der Waals surface area contributed by atoms with E-state index in [4.69, 9.17) is 5.14 Å². The van der Waals surface area contributed by atoms with Crippen molar-refractivity contribution in [3.05, 3.63) is 59.7 Å². The number of para-hydroxylation sites is 1. The molecule has 3 rings (SSSR count). The maximum absolute atomic E-state index is 12.9. The van der Waals surface area contributed by atoms with E-state index in [1.165, 1.54) is 17.7 Å². The minimum Gasteiger partial charge on any atom is -0.332 e. The standard InChI is InChI=1S/C19H23N3O3S/c1-14(21-13-15-8-10-17(11-9-15)26(20,24)25)19(23)22-12-4-6-16-5-2-3-7-18(16)22/h2-3,5,7-11,14,21H,4,6,12-13H2,1H3,(H2,20,24,25)/p+1/t14-/m0/s1. The van der Waals surface area contributed by atoms with Crippen molar-refractivity contribution in [3.63, 3.8) is 0 Å². The molecule has 1 atom stereocenters. The fourth-order valence-electron chi connectivity index (χ4n) is 3.24. The Morgan fingerprint density at radius 2 is 1.88 bits per heavy atom. The molecule has 7 heteroatoms. The molecule has 0 fully saturated rings. The van der Waals surface area contributed by atoms with E-state index in [1.54, 1.807) is 12.1 Å². The normalized spacial score (nSPS) is 15.4. The molecule has 0 spiro atoms. The van der Waals surface area contributed by atoms with Gasteiger partial charge in [-0.15, -0.1) is 0 Å². The maximum Gasteiger partial charge on any atom is 0.284 e. The molecule has 1 heterocycles. The van der Waals surface area contributed by atoms with E-state index >= 15 is 0 Å². The highest BCUT2D eigenvalue weighted by molar-refractivity contribution is 7.89. The van der Waals surface area contributed by atoms with Crippen molar-refractivity contribution in [2.24, 2.45) is 5.14 Å². The minimum atomic E-state index is -3.68. The van der Waals surface area contributed by atoms with E-state index in [1.807, 2.05) is 35.3 Å². The van der Waals surface area contributed by atoms with Gasteiger partial charge in [-0.25, -0.2) is 13.6 Å². The lowest BCUT2D eigenvalue weighted by Gasteiger charge is -2.30. The quantitative estimate of drug-likeness (QED) is 0.809. The van der Waals surface area contributed by atoms with Crippen LogP contribution in [0.25, 0.3) is 0 Å². The average Bonchev–Trinajstić information content (AvgIpc) is 2.64. The van der Waals surface area contributed by atoms with Gasteiger partial charge in [0.15, 0.2) is 6.04 Å².